The standard InChI is InChI=1S/C22H16F4N2O3/c23-16-5-2-1-4-15(16)17-6-3-7-18(27-17)21(31)28-19(12-20(29)30)13-8-10-14(11-9-13)22(24,25)26/h1-11,19H,12H2,(H,28,31)(H,29,30)/t19-/m0/s1. The van der Waals surface area contributed by atoms with Gasteiger partial charge in [0.1, 0.15) is 11.5 Å². The molecule has 1 aromatic heterocycles. The van der Waals surface area contributed by atoms with Gasteiger partial charge in [-0.15, -0.1) is 0 Å². The Labute approximate surface area is 174 Å². The third-order valence-corrected chi connectivity index (χ3v) is 4.46. The summed E-state index contributed by atoms with van der Waals surface area (Å²) in [5.41, 5.74) is -0.412. The van der Waals surface area contributed by atoms with E-state index in [0.717, 1.165) is 24.3 Å². The van der Waals surface area contributed by atoms with E-state index in [4.69, 9.17) is 5.11 Å². The highest BCUT2D eigenvalue weighted by Gasteiger charge is 2.30. The van der Waals surface area contributed by atoms with Gasteiger partial charge in [-0.05, 0) is 42.0 Å². The normalized spacial score (nSPS) is 12.3. The molecule has 0 bridgehead atoms. The average Bonchev–Trinajstić information content (AvgIpc) is 2.73. The van der Waals surface area contributed by atoms with Crippen molar-refractivity contribution in [2.24, 2.45) is 0 Å². The van der Waals surface area contributed by atoms with Crippen LogP contribution in [0.1, 0.15) is 34.1 Å². The molecule has 5 nitrogen and oxygen atoms in total. The van der Waals surface area contributed by atoms with Crippen LogP contribution in [-0.2, 0) is 11.0 Å². The summed E-state index contributed by atoms with van der Waals surface area (Å²) in [6.45, 7) is 0. The number of nitrogens with zero attached hydrogens (tertiary/aromatic N) is 1. The van der Waals surface area contributed by atoms with Crippen LogP contribution < -0.4 is 5.32 Å². The second kappa shape index (κ2) is 8.95. The van der Waals surface area contributed by atoms with Crippen molar-refractivity contribution in [1.82, 2.24) is 10.3 Å². The monoisotopic (exact) mass is 432 g/mol. The van der Waals surface area contributed by atoms with Gasteiger partial charge in [0.25, 0.3) is 5.91 Å². The molecule has 3 aromatic rings. The van der Waals surface area contributed by atoms with Crippen LogP contribution >= 0.6 is 0 Å². The Balaban J connectivity index is 1.85. The molecule has 1 amide bonds. The van der Waals surface area contributed by atoms with E-state index in [1.807, 2.05) is 0 Å². The number of carbonyl (C=O) groups is 2. The van der Waals surface area contributed by atoms with Gasteiger partial charge in [-0.3, -0.25) is 9.59 Å². The number of hydrogen-bond donors (Lipinski definition) is 2. The minimum absolute atomic E-state index is 0.0944. The molecule has 0 fully saturated rings. The van der Waals surface area contributed by atoms with Gasteiger partial charge in [0.2, 0.25) is 0 Å². The topological polar surface area (TPSA) is 79.3 Å². The van der Waals surface area contributed by atoms with Crippen molar-refractivity contribution >= 4 is 11.9 Å². The first-order valence-corrected chi connectivity index (χ1v) is 9.07. The number of nitrogens with one attached hydrogen (secondary N) is 1. The first-order chi connectivity index (χ1) is 14.6. The molecule has 2 aromatic carbocycles. The molecule has 0 aliphatic heterocycles. The van der Waals surface area contributed by atoms with Crippen molar-refractivity contribution in [3.05, 3.63) is 89.4 Å². The number of halogens is 4. The highest BCUT2D eigenvalue weighted by atomic mass is 19.4. The SMILES string of the molecule is O=C(O)C[C@H](NC(=O)c1cccc(-c2ccccc2F)n1)c1ccc(C(F)(F)F)cc1. The smallest absolute Gasteiger partial charge is 0.416 e. The number of benzene rings is 2. The molecule has 0 aliphatic rings. The summed E-state index contributed by atoms with van der Waals surface area (Å²) in [4.78, 5) is 28.0. The van der Waals surface area contributed by atoms with Gasteiger partial charge in [0.15, 0.2) is 0 Å². The van der Waals surface area contributed by atoms with Crippen molar-refractivity contribution in [2.45, 2.75) is 18.6 Å². The molecule has 1 atom stereocenters. The average molecular weight is 432 g/mol. The molecule has 1 heterocycles. The Morgan fingerprint density at radius 3 is 2.26 bits per heavy atom. The molecular formula is C22H16F4N2O3. The minimum atomic E-state index is -4.54. The van der Waals surface area contributed by atoms with Gasteiger partial charge in [-0.25, -0.2) is 9.37 Å². The molecule has 160 valence electrons. The second-order valence-corrected chi connectivity index (χ2v) is 6.63. The van der Waals surface area contributed by atoms with Gasteiger partial charge in [0, 0.05) is 5.56 Å². The van der Waals surface area contributed by atoms with Crippen molar-refractivity contribution in [3.8, 4) is 11.3 Å². The van der Waals surface area contributed by atoms with E-state index in [0.29, 0.717) is 0 Å². The largest absolute Gasteiger partial charge is 0.481 e. The third-order valence-electron chi connectivity index (χ3n) is 4.46. The van der Waals surface area contributed by atoms with Gasteiger partial charge in [0.05, 0.1) is 23.7 Å². The lowest BCUT2D eigenvalue weighted by atomic mass is 10.0. The van der Waals surface area contributed by atoms with E-state index in [1.54, 1.807) is 6.07 Å². The van der Waals surface area contributed by atoms with Crippen LogP contribution in [0.25, 0.3) is 11.3 Å². The van der Waals surface area contributed by atoms with E-state index in [1.165, 1.54) is 36.4 Å². The lowest BCUT2D eigenvalue weighted by Crippen LogP contribution is -2.31. The summed E-state index contributed by atoms with van der Waals surface area (Å²) in [5, 5.41) is 11.6. The quantitative estimate of drug-likeness (QED) is 0.546. The number of hydrogen-bond acceptors (Lipinski definition) is 3. The van der Waals surface area contributed by atoms with E-state index < -0.39 is 41.9 Å². The highest BCUT2D eigenvalue weighted by molar-refractivity contribution is 5.93. The summed E-state index contributed by atoms with van der Waals surface area (Å²) < 4.78 is 52.3. The summed E-state index contributed by atoms with van der Waals surface area (Å²) in [6, 6.07) is 13.0. The van der Waals surface area contributed by atoms with Crippen molar-refractivity contribution in [1.29, 1.82) is 0 Å². The van der Waals surface area contributed by atoms with E-state index in [9.17, 15) is 27.2 Å². The molecule has 3 rings (SSSR count). The summed E-state index contributed by atoms with van der Waals surface area (Å²) >= 11 is 0. The fraction of sp³-hybridized carbons (Fsp3) is 0.136. The predicted molar refractivity (Wildman–Crippen MR) is 104 cm³/mol. The van der Waals surface area contributed by atoms with Crippen LogP contribution in [0.3, 0.4) is 0 Å². The van der Waals surface area contributed by atoms with Gasteiger partial charge < -0.3 is 10.4 Å². The van der Waals surface area contributed by atoms with Crippen molar-refractivity contribution < 1.29 is 32.3 Å². The van der Waals surface area contributed by atoms with Gasteiger partial charge in [-0.2, -0.15) is 13.2 Å². The number of carbonyl (C=O) groups excluding carboxylic acids is 1. The fourth-order valence-corrected chi connectivity index (χ4v) is 2.94. The maximum Gasteiger partial charge on any atom is 0.416 e. The molecule has 9 heteroatoms. The molecule has 0 radical (unpaired) electrons. The van der Waals surface area contributed by atoms with Crippen LogP contribution in [0, 0.1) is 5.82 Å². The minimum Gasteiger partial charge on any atom is -0.481 e. The zero-order valence-electron chi connectivity index (χ0n) is 15.9. The molecule has 31 heavy (non-hydrogen) atoms. The number of rotatable bonds is 6. The number of carboxylic acids is 1. The lowest BCUT2D eigenvalue weighted by Gasteiger charge is -2.18. The molecule has 0 spiro atoms. The molecule has 0 saturated carbocycles. The zero-order chi connectivity index (χ0) is 22.6. The molecule has 0 aliphatic carbocycles. The summed E-state index contributed by atoms with van der Waals surface area (Å²) in [6.07, 6.45) is -5.09. The lowest BCUT2D eigenvalue weighted by molar-refractivity contribution is -0.138. The zero-order valence-corrected chi connectivity index (χ0v) is 15.9. The number of pyridine rings is 1. The Hall–Kier alpha value is -3.75. The number of aliphatic carboxylic acids is 1. The molecule has 0 unspecified atom stereocenters. The number of alkyl halides is 3. The number of aromatic nitrogens is 1. The van der Waals surface area contributed by atoms with E-state index in [2.05, 4.69) is 10.3 Å². The van der Waals surface area contributed by atoms with Crippen molar-refractivity contribution in [3.63, 3.8) is 0 Å². The van der Waals surface area contributed by atoms with Gasteiger partial charge in [-0.1, -0.05) is 30.3 Å². The maximum atomic E-state index is 14.0. The van der Waals surface area contributed by atoms with E-state index in [-0.39, 0.29) is 22.5 Å². The predicted octanol–water partition coefficient (Wildman–Crippen LogP) is 4.85. The van der Waals surface area contributed by atoms with Crippen LogP contribution in [0.2, 0.25) is 0 Å². The van der Waals surface area contributed by atoms with Gasteiger partial charge >= 0.3 is 12.1 Å². The molecule has 2 N–H and O–H groups in total. The Bertz CT molecular complexity index is 1100. The van der Waals surface area contributed by atoms with Crippen LogP contribution in [0.15, 0.2) is 66.7 Å². The van der Waals surface area contributed by atoms with Crippen LogP contribution in [0.4, 0.5) is 17.6 Å². The number of amides is 1. The Morgan fingerprint density at radius 1 is 0.968 bits per heavy atom. The summed E-state index contributed by atoms with van der Waals surface area (Å²) in [7, 11) is 0. The molecule has 0 saturated heterocycles. The Morgan fingerprint density at radius 2 is 1.65 bits per heavy atom. The second-order valence-electron chi connectivity index (χ2n) is 6.63. The highest BCUT2D eigenvalue weighted by Crippen LogP contribution is 2.30. The van der Waals surface area contributed by atoms with Crippen LogP contribution in [0.5, 0.6) is 0 Å². The van der Waals surface area contributed by atoms with Crippen LogP contribution in [-0.4, -0.2) is 22.0 Å². The summed E-state index contributed by atoms with van der Waals surface area (Å²) in [5.74, 6) is -2.52. The van der Waals surface area contributed by atoms with Crippen molar-refractivity contribution in [2.75, 3.05) is 0 Å². The molecular weight excluding hydrogens is 416 g/mol. The number of carboxylic acid groups (broad SMARTS) is 1. The van der Waals surface area contributed by atoms with E-state index >= 15 is 0 Å². The third kappa shape index (κ3) is 5.44. The first kappa shape index (κ1) is 21.9. The Kier molecular flexibility index (Phi) is 6.33. The fourth-order valence-electron chi connectivity index (χ4n) is 2.94. The maximum absolute atomic E-state index is 14.0. The first-order valence-electron chi connectivity index (χ1n) is 9.07.